The lowest BCUT2D eigenvalue weighted by Gasteiger charge is -2.10. The highest BCUT2D eigenvalue weighted by molar-refractivity contribution is 6.08. The van der Waals surface area contributed by atoms with E-state index in [1.165, 1.54) is 13.8 Å². The summed E-state index contributed by atoms with van der Waals surface area (Å²) in [5, 5.41) is 16.0. The molecule has 0 aliphatic carbocycles. The summed E-state index contributed by atoms with van der Waals surface area (Å²) < 4.78 is 1.83. The second-order valence-electron chi connectivity index (χ2n) is 5.09. The molecule has 0 spiro atoms. The highest BCUT2D eigenvalue weighted by Gasteiger charge is 2.18. The predicted octanol–water partition coefficient (Wildman–Crippen LogP) is 2.44. The third-order valence-corrected chi connectivity index (χ3v) is 3.28. The molecule has 0 bridgehead atoms. The number of hydrogen-bond donors (Lipinski definition) is 2. The smallest absolute Gasteiger partial charge is 0.331 e. The van der Waals surface area contributed by atoms with Crippen LogP contribution in [0.4, 0.5) is 5.69 Å². The van der Waals surface area contributed by atoms with Gasteiger partial charge >= 0.3 is 5.97 Å². The molecule has 0 radical (unpaired) electrons. The van der Waals surface area contributed by atoms with Gasteiger partial charge < -0.3 is 10.4 Å². The molecule has 0 fully saturated rings. The first-order valence-electron chi connectivity index (χ1n) is 6.44. The maximum Gasteiger partial charge on any atom is 0.331 e. The van der Waals surface area contributed by atoms with Gasteiger partial charge in [0.15, 0.2) is 0 Å². The lowest BCUT2D eigenvalue weighted by atomic mass is 10.1. The number of hydrogen-bond acceptors (Lipinski definition) is 3. The Morgan fingerprint density at radius 1 is 1.20 bits per heavy atom. The van der Waals surface area contributed by atoms with Crippen LogP contribution in [-0.4, -0.2) is 26.8 Å². The molecule has 0 aliphatic rings. The number of carboxylic acids is 1. The van der Waals surface area contributed by atoms with E-state index in [2.05, 4.69) is 10.4 Å². The highest BCUT2D eigenvalue weighted by atomic mass is 16.4. The molecule has 0 aliphatic heterocycles. The van der Waals surface area contributed by atoms with Gasteiger partial charge in [0, 0.05) is 17.2 Å². The SMILES string of the molecule is CC(C(=O)O)=C(C)C(=O)Nc1c(C)nn(C(C)C)c1C. The van der Waals surface area contributed by atoms with Crippen LogP contribution >= 0.6 is 0 Å². The molecule has 0 saturated carbocycles. The van der Waals surface area contributed by atoms with E-state index in [-0.39, 0.29) is 17.2 Å². The summed E-state index contributed by atoms with van der Waals surface area (Å²) in [5.41, 5.74) is 2.43. The Kier molecular flexibility index (Phi) is 4.70. The van der Waals surface area contributed by atoms with E-state index in [9.17, 15) is 9.59 Å². The van der Waals surface area contributed by atoms with Crippen LogP contribution in [0.1, 0.15) is 45.1 Å². The molecule has 6 nitrogen and oxygen atoms in total. The van der Waals surface area contributed by atoms with E-state index in [4.69, 9.17) is 5.11 Å². The number of carboxylic acid groups (broad SMARTS) is 1. The van der Waals surface area contributed by atoms with Gasteiger partial charge in [-0.2, -0.15) is 5.10 Å². The zero-order chi connectivity index (χ0) is 15.6. The number of carbonyl (C=O) groups is 2. The topological polar surface area (TPSA) is 84.2 Å². The summed E-state index contributed by atoms with van der Waals surface area (Å²) in [4.78, 5) is 22.9. The Labute approximate surface area is 118 Å². The van der Waals surface area contributed by atoms with E-state index in [0.717, 1.165) is 5.69 Å². The third-order valence-electron chi connectivity index (χ3n) is 3.28. The third kappa shape index (κ3) is 3.07. The summed E-state index contributed by atoms with van der Waals surface area (Å²) in [6, 6.07) is 0.191. The average molecular weight is 279 g/mol. The fraction of sp³-hybridized carbons (Fsp3) is 0.500. The maximum absolute atomic E-state index is 12.1. The molecule has 1 aromatic rings. The van der Waals surface area contributed by atoms with Crippen molar-refractivity contribution in [2.24, 2.45) is 0 Å². The van der Waals surface area contributed by atoms with Crippen molar-refractivity contribution in [1.29, 1.82) is 0 Å². The van der Waals surface area contributed by atoms with Gasteiger partial charge in [0.25, 0.3) is 5.91 Å². The molecule has 20 heavy (non-hydrogen) atoms. The van der Waals surface area contributed by atoms with E-state index < -0.39 is 11.9 Å². The van der Waals surface area contributed by atoms with Gasteiger partial charge in [-0.05, 0) is 41.5 Å². The Bertz CT molecular complexity index is 583. The largest absolute Gasteiger partial charge is 0.478 e. The molecule has 2 N–H and O–H groups in total. The predicted molar refractivity (Wildman–Crippen MR) is 76.7 cm³/mol. The number of nitrogens with zero attached hydrogens (tertiary/aromatic N) is 2. The Hall–Kier alpha value is -2.11. The number of nitrogens with one attached hydrogen (secondary N) is 1. The van der Waals surface area contributed by atoms with Crippen LogP contribution < -0.4 is 5.32 Å². The highest BCUT2D eigenvalue weighted by Crippen LogP contribution is 2.23. The molecule has 0 atom stereocenters. The van der Waals surface area contributed by atoms with Crippen molar-refractivity contribution in [3.8, 4) is 0 Å². The summed E-state index contributed by atoms with van der Waals surface area (Å²) in [5.74, 6) is -1.51. The fourth-order valence-electron chi connectivity index (χ4n) is 1.88. The molecule has 110 valence electrons. The van der Waals surface area contributed by atoms with Crippen LogP contribution in [0, 0.1) is 13.8 Å². The summed E-state index contributed by atoms with van der Waals surface area (Å²) >= 11 is 0. The summed E-state index contributed by atoms with van der Waals surface area (Å²) in [6.45, 7) is 10.6. The first kappa shape index (κ1) is 15.9. The number of aromatic nitrogens is 2. The van der Waals surface area contributed by atoms with Crippen LogP contribution in [-0.2, 0) is 9.59 Å². The standard InChI is InChI=1S/C14H21N3O3/c1-7(2)17-11(6)12(10(5)16-17)15-13(18)8(3)9(4)14(19)20/h7H,1-6H3,(H,15,18)(H,19,20). The second kappa shape index (κ2) is 5.90. The Morgan fingerprint density at radius 2 is 1.75 bits per heavy atom. The van der Waals surface area contributed by atoms with Gasteiger partial charge in [-0.1, -0.05) is 0 Å². The van der Waals surface area contributed by atoms with Crippen molar-refractivity contribution in [2.75, 3.05) is 5.32 Å². The van der Waals surface area contributed by atoms with Crippen molar-refractivity contribution >= 4 is 17.6 Å². The Balaban J connectivity index is 3.09. The van der Waals surface area contributed by atoms with Crippen LogP contribution in [0.2, 0.25) is 0 Å². The second-order valence-corrected chi connectivity index (χ2v) is 5.09. The zero-order valence-electron chi connectivity index (χ0n) is 12.7. The van der Waals surface area contributed by atoms with E-state index >= 15 is 0 Å². The van der Waals surface area contributed by atoms with Gasteiger partial charge in [0.1, 0.15) is 0 Å². The Morgan fingerprint density at radius 3 is 2.15 bits per heavy atom. The molecule has 1 amide bonds. The number of anilines is 1. The molecule has 6 heteroatoms. The van der Waals surface area contributed by atoms with Crippen LogP contribution in [0.25, 0.3) is 0 Å². The minimum atomic E-state index is -1.09. The maximum atomic E-state index is 12.1. The zero-order valence-corrected chi connectivity index (χ0v) is 12.7. The van der Waals surface area contributed by atoms with Crippen LogP contribution in [0.3, 0.4) is 0 Å². The number of amides is 1. The van der Waals surface area contributed by atoms with Crippen LogP contribution in [0.15, 0.2) is 11.1 Å². The van der Waals surface area contributed by atoms with Gasteiger partial charge in [0.2, 0.25) is 0 Å². The van der Waals surface area contributed by atoms with Gasteiger partial charge in [-0.25, -0.2) is 4.79 Å². The summed E-state index contributed by atoms with van der Waals surface area (Å²) in [7, 11) is 0. The molecule has 0 saturated heterocycles. The van der Waals surface area contributed by atoms with Crippen molar-refractivity contribution in [1.82, 2.24) is 9.78 Å². The normalized spacial score (nSPS) is 12.3. The molecule has 1 aromatic heterocycles. The van der Waals surface area contributed by atoms with E-state index in [1.807, 2.05) is 32.4 Å². The first-order valence-corrected chi connectivity index (χ1v) is 6.44. The first-order chi connectivity index (χ1) is 9.16. The molecular formula is C14H21N3O3. The molecule has 0 aromatic carbocycles. The lowest BCUT2D eigenvalue weighted by Crippen LogP contribution is -2.17. The number of aryl methyl sites for hydroxylation is 1. The van der Waals surface area contributed by atoms with Crippen molar-refractivity contribution in [2.45, 2.75) is 47.6 Å². The average Bonchev–Trinajstić information content (AvgIpc) is 2.64. The van der Waals surface area contributed by atoms with Crippen LogP contribution in [0.5, 0.6) is 0 Å². The number of rotatable bonds is 4. The van der Waals surface area contributed by atoms with Gasteiger partial charge in [0.05, 0.1) is 17.1 Å². The minimum Gasteiger partial charge on any atom is -0.478 e. The van der Waals surface area contributed by atoms with E-state index in [0.29, 0.717) is 11.4 Å². The lowest BCUT2D eigenvalue weighted by molar-refractivity contribution is -0.133. The number of aliphatic carboxylic acids is 1. The van der Waals surface area contributed by atoms with Gasteiger partial charge in [-0.15, -0.1) is 0 Å². The summed E-state index contributed by atoms with van der Waals surface area (Å²) in [6.07, 6.45) is 0. The molecule has 1 heterocycles. The van der Waals surface area contributed by atoms with Gasteiger partial charge in [-0.3, -0.25) is 9.48 Å². The van der Waals surface area contributed by atoms with E-state index in [1.54, 1.807) is 0 Å². The minimum absolute atomic E-state index is 0.0362. The van der Waals surface area contributed by atoms with Crippen molar-refractivity contribution in [3.05, 3.63) is 22.5 Å². The number of carbonyl (C=O) groups excluding carboxylic acids is 1. The van der Waals surface area contributed by atoms with Crippen molar-refractivity contribution in [3.63, 3.8) is 0 Å². The fourth-order valence-corrected chi connectivity index (χ4v) is 1.88. The molecule has 0 unspecified atom stereocenters. The molecular weight excluding hydrogens is 258 g/mol. The quantitative estimate of drug-likeness (QED) is 0.829. The monoisotopic (exact) mass is 279 g/mol. The van der Waals surface area contributed by atoms with Crippen molar-refractivity contribution < 1.29 is 14.7 Å². The molecule has 1 rings (SSSR count).